The van der Waals surface area contributed by atoms with Crippen molar-refractivity contribution >= 4 is 0 Å². The van der Waals surface area contributed by atoms with Crippen LogP contribution in [0.2, 0.25) is 0 Å². The van der Waals surface area contributed by atoms with E-state index in [0.717, 1.165) is 12.0 Å². The van der Waals surface area contributed by atoms with E-state index in [2.05, 4.69) is 27.9 Å². The summed E-state index contributed by atoms with van der Waals surface area (Å²) in [5.74, 6) is 1.02. The van der Waals surface area contributed by atoms with Gasteiger partial charge in [-0.05, 0) is 26.7 Å². The van der Waals surface area contributed by atoms with E-state index in [0.29, 0.717) is 0 Å². The minimum atomic E-state index is 0.769. The second-order valence-electron chi connectivity index (χ2n) is 5.21. The lowest BCUT2D eigenvalue weighted by Crippen LogP contribution is -2.48. The molecule has 0 aromatic heterocycles. The Morgan fingerprint density at radius 2 is 1.67 bits per heavy atom. The Bertz CT molecular complexity index is 132. The normalized spacial score (nSPS) is 20.8. The Labute approximate surface area is 77.4 Å². The van der Waals surface area contributed by atoms with Crippen molar-refractivity contribution in [2.45, 2.75) is 45.6 Å². The van der Waals surface area contributed by atoms with Gasteiger partial charge in [0.25, 0.3) is 0 Å². The van der Waals surface area contributed by atoms with Crippen LogP contribution in [0.3, 0.4) is 0 Å². The SMILES string of the molecule is CC(C)[N+](C)(C)CC1CCCC1. The first-order valence-electron chi connectivity index (χ1n) is 5.35. The summed E-state index contributed by atoms with van der Waals surface area (Å²) in [5, 5.41) is 0. The van der Waals surface area contributed by atoms with E-state index in [9.17, 15) is 0 Å². The molecule has 0 aromatic carbocycles. The minimum absolute atomic E-state index is 0.769. The Hall–Kier alpha value is -0.0400. The summed E-state index contributed by atoms with van der Waals surface area (Å²) in [6, 6.07) is 0.769. The predicted molar refractivity (Wildman–Crippen MR) is 54.1 cm³/mol. The molecule has 0 radical (unpaired) electrons. The molecule has 0 saturated heterocycles. The average Bonchev–Trinajstić information content (AvgIpc) is 2.38. The van der Waals surface area contributed by atoms with E-state index < -0.39 is 0 Å². The molecule has 1 heteroatoms. The highest BCUT2D eigenvalue weighted by Crippen LogP contribution is 2.27. The fourth-order valence-electron chi connectivity index (χ4n) is 2.07. The third-order valence-corrected chi connectivity index (χ3v) is 3.60. The molecule has 12 heavy (non-hydrogen) atoms. The smallest absolute Gasteiger partial charge is 0.0829 e. The lowest BCUT2D eigenvalue weighted by atomic mass is 10.1. The summed E-state index contributed by atoms with van der Waals surface area (Å²) in [6.45, 7) is 6.04. The molecule has 1 aliphatic rings. The van der Waals surface area contributed by atoms with Crippen LogP contribution in [0.25, 0.3) is 0 Å². The zero-order chi connectivity index (χ0) is 9.19. The van der Waals surface area contributed by atoms with Gasteiger partial charge in [-0.1, -0.05) is 12.8 Å². The molecular weight excluding hydrogens is 146 g/mol. The Morgan fingerprint density at radius 3 is 2.08 bits per heavy atom. The van der Waals surface area contributed by atoms with Crippen molar-refractivity contribution in [1.82, 2.24) is 0 Å². The van der Waals surface area contributed by atoms with Gasteiger partial charge in [-0.15, -0.1) is 0 Å². The predicted octanol–water partition coefficient (Wildman–Crippen LogP) is 2.66. The third-order valence-electron chi connectivity index (χ3n) is 3.60. The molecule has 1 fully saturated rings. The van der Waals surface area contributed by atoms with E-state index in [4.69, 9.17) is 0 Å². The van der Waals surface area contributed by atoms with E-state index in [1.165, 1.54) is 36.7 Å². The molecule has 0 aliphatic heterocycles. The van der Waals surface area contributed by atoms with Crippen LogP contribution >= 0.6 is 0 Å². The van der Waals surface area contributed by atoms with Crippen LogP contribution in [0, 0.1) is 5.92 Å². The largest absolute Gasteiger partial charge is 0.326 e. The average molecular weight is 170 g/mol. The summed E-state index contributed by atoms with van der Waals surface area (Å²) in [5.41, 5.74) is 0. The van der Waals surface area contributed by atoms with Gasteiger partial charge in [0.15, 0.2) is 0 Å². The van der Waals surface area contributed by atoms with Crippen LogP contribution in [-0.2, 0) is 0 Å². The van der Waals surface area contributed by atoms with Gasteiger partial charge in [0.05, 0.1) is 26.7 Å². The van der Waals surface area contributed by atoms with Gasteiger partial charge in [-0.3, -0.25) is 0 Å². The highest BCUT2D eigenvalue weighted by Gasteiger charge is 2.26. The zero-order valence-corrected chi connectivity index (χ0v) is 9.14. The van der Waals surface area contributed by atoms with Crippen LogP contribution in [0.1, 0.15) is 39.5 Å². The molecule has 0 amide bonds. The van der Waals surface area contributed by atoms with Crippen LogP contribution in [-0.4, -0.2) is 31.2 Å². The monoisotopic (exact) mass is 170 g/mol. The summed E-state index contributed by atoms with van der Waals surface area (Å²) >= 11 is 0. The van der Waals surface area contributed by atoms with Crippen molar-refractivity contribution < 1.29 is 4.48 Å². The lowest BCUT2D eigenvalue weighted by molar-refractivity contribution is -0.914. The Kier molecular flexibility index (Phi) is 3.16. The highest BCUT2D eigenvalue weighted by molar-refractivity contribution is 4.66. The Balaban J connectivity index is 2.37. The van der Waals surface area contributed by atoms with Gasteiger partial charge in [-0.2, -0.15) is 0 Å². The highest BCUT2D eigenvalue weighted by atomic mass is 15.3. The molecule has 0 heterocycles. The van der Waals surface area contributed by atoms with Crippen molar-refractivity contribution in [2.24, 2.45) is 5.92 Å². The number of quaternary nitrogens is 1. The lowest BCUT2D eigenvalue weighted by Gasteiger charge is -2.36. The first kappa shape index (κ1) is 10.0. The second-order valence-corrected chi connectivity index (χ2v) is 5.21. The third kappa shape index (κ3) is 2.48. The maximum absolute atomic E-state index is 2.36. The van der Waals surface area contributed by atoms with Gasteiger partial charge in [0.1, 0.15) is 0 Å². The summed E-state index contributed by atoms with van der Waals surface area (Å²) < 4.78 is 1.20. The van der Waals surface area contributed by atoms with Crippen LogP contribution in [0.4, 0.5) is 0 Å². The standard InChI is InChI=1S/C11H24N/c1-10(2)12(3,4)9-11-7-5-6-8-11/h10-11H,5-9H2,1-4H3/q+1. The molecule has 0 N–H and O–H groups in total. The number of nitrogens with zero attached hydrogens (tertiary/aromatic N) is 1. The van der Waals surface area contributed by atoms with Crippen molar-refractivity contribution in [3.05, 3.63) is 0 Å². The Morgan fingerprint density at radius 1 is 1.17 bits per heavy atom. The maximum Gasteiger partial charge on any atom is 0.0829 e. The van der Waals surface area contributed by atoms with Crippen LogP contribution < -0.4 is 0 Å². The summed E-state index contributed by atoms with van der Waals surface area (Å²) in [6.07, 6.45) is 5.91. The molecule has 0 unspecified atom stereocenters. The van der Waals surface area contributed by atoms with Gasteiger partial charge < -0.3 is 4.48 Å². The maximum atomic E-state index is 2.36. The first-order chi connectivity index (χ1) is 5.52. The molecule has 0 atom stereocenters. The van der Waals surface area contributed by atoms with Crippen molar-refractivity contribution in [2.75, 3.05) is 20.6 Å². The minimum Gasteiger partial charge on any atom is -0.326 e. The quantitative estimate of drug-likeness (QED) is 0.571. The van der Waals surface area contributed by atoms with Gasteiger partial charge >= 0.3 is 0 Å². The molecular formula is C11H24N+. The van der Waals surface area contributed by atoms with E-state index in [-0.39, 0.29) is 0 Å². The number of rotatable bonds is 3. The van der Waals surface area contributed by atoms with E-state index in [1.54, 1.807) is 0 Å². The molecule has 0 aromatic rings. The van der Waals surface area contributed by atoms with E-state index in [1.807, 2.05) is 0 Å². The van der Waals surface area contributed by atoms with Crippen molar-refractivity contribution in [1.29, 1.82) is 0 Å². The number of hydrogen-bond donors (Lipinski definition) is 0. The first-order valence-corrected chi connectivity index (χ1v) is 5.35. The fourth-order valence-corrected chi connectivity index (χ4v) is 2.07. The van der Waals surface area contributed by atoms with Crippen molar-refractivity contribution in [3.8, 4) is 0 Å². The van der Waals surface area contributed by atoms with Crippen molar-refractivity contribution in [3.63, 3.8) is 0 Å². The molecule has 1 nitrogen and oxygen atoms in total. The zero-order valence-electron chi connectivity index (χ0n) is 9.14. The van der Waals surface area contributed by atoms with E-state index >= 15 is 0 Å². The topological polar surface area (TPSA) is 0 Å². The van der Waals surface area contributed by atoms with Crippen LogP contribution in [0.15, 0.2) is 0 Å². The second kappa shape index (κ2) is 3.78. The van der Waals surface area contributed by atoms with Gasteiger partial charge in [0.2, 0.25) is 0 Å². The fraction of sp³-hybridized carbons (Fsp3) is 1.00. The number of hydrogen-bond acceptors (Lipinski definition) is 0. The van der Waals surface area contributed by atoms with Crippen LogP contribution in [0.5, 0.6) is 0 Å². The molecule has 1 rings (SSSR count). The molecule has 1 saturated carbocycles. The molecule has 1 aliphatic carbocycles. The van der Waals surface area contributed by atoms with Gasteiger partial charge in [-0.25, -0.2) is 0 Å². The molecule has 0 spiro atoms. The summed E-state index contributed by atoms with van der Waals surface area (Å²) in [7, 11) is 4.73. The van der Waals surface area contributed by atoms with Gasteiger partial charge in [0, 0.05) is 5.92 Å². The molecule has 72 valence electrons. The molecule has 0 bridgehead atoms. The summed E-state index contributed by atoms with van der Waals surface area (Å²) in [4.78, 5) is 0.